The van der Waals surface area contributed by atoms with Crippen LogP contribution >= 0.6 is 0 Å². The van der Waals surface area contributed by atoms with E-state index in [0.717, 1.165) is 54.7 Å². The standard InChI is InChI=1S/C21H24O3/c1-4-15-9-13(2)19(14(3)10-15)20-18(22)12-17(21(20)23)11-16-5-7-24-8-6-16/h1,9-10,16-17,22H,5-8,11-12H2,2-3H3. The van der Waals surface area contributed by atoms with E-state index >= 15 is 0 Å². The second kappa shape index (κ2) is 6.83. The van der Waals surface area contributed by atoms with Crippen molar-refractivity contribution in [1.29, 1.82) is 0 Å². The Morgan fingerprint density at radius 2 is 1.88 bits per heavy atom. The van der Waals surface area contributed by atoms with Crippen LogP contribution in [0.3, 0.4) is 0 Å². The van der Waals surface area contributed by atoms with Gasteiger partial charge in [0.1, 0.15) is 5.76 Å². The second-order valence-corrected chi connectivity index (χ2v) is 7.01. The third-order valence-electron chi connectivity index (χ3n) is 5.25. The maximum atomic E-state index is 13.0. The summed E-state index contributed by atoms with van der Waals surface area (Å²) in [7, 11) is 0. The Morgan fingerprint density at radius 1 is 1.25 bits per heavy atom. The van der Waals surface area contributed by atoms with Crippen LogP contribution in [0, 0.1) is 38.0 Å². The molecule has 1 aromatic rings. The number of ketones is 1. The average Bonchev–Trinajstić information content (AvgIpc) is 2.83. The maximum absolute atomic E-state index is 13.0. The molecule has 1 N–H and O–H groups in total. The van der Waals surface area contributed by atoms with Gasteiger partial charge in [0, 0.05) is 31.1 Å². The number of benzene rings is 1. The normalized spacial score (nSPS) is 22.0. The Hall–Kier alpha value is -2.05. The van der Waals surface area contributed by atoms with Gasteiger partial charge in [0.2, 0.25) is 0 Å². The molecule has 0 bridgehead atoms. The first kappa shape index (κ1) is 16.8. The molecule has 2 aliphatic rings. The number of Topliss-reactive ketones (excluding diaryl/α,β-unsaturated/α-hetero) is 1. The summed E-state index contributed by atoms with van der Waals surface area (Å²) in [6.07, 6.45) is 8.80. The van der Waals surface area contributed by atoms with Gasteiger partial charge in [0.05, 0.1) is 5.57 Å². The lowest BCUT2D eigenvalue weighted by molar-refractivity contribution is -0.117. The monoisotopic (exact) mass is 324 g/mol. The molecule has 3 rings (SSSR count). The molecule has 0 spiro atoms. The summed E-state index contributed by atoms with van der Waals surface area (Å²) in [6, 6.07) is 3.81. The topological polar surface area (TPSA) is 46.5 Å². The molecule has 1 aromatic carbocycles. The van der Waals surface area contributed by atoms with Gasteiger partial charge < -0.3 is 9.84 Å². The van der Waals surface area contributed by atoms with Crippen molar-refractivity contribution in [3.05, 3.63) is 40.1 Å². The summed E-state index contributed by atoms with van der Waals surface area (Å²) in [5.41, 5.74) is 4.06. The molecule has 126 valence electrons. The van der Waals surface area contributed by atoms with Crippen LogP contribution in [0.4, 0.5) is 0 Å². The van der Waals surface area contributed by atoms with Crippen molar-refractivity contribution in [1.82, 2.24) is 0 Å². The number of aliphatic hydroxyl groups excluding tert-OH is 1. The van der Waals surface area contributed by atoms with E-state index in [2.05, 4.69) is 5.92 Å². The van der Waals surface area contributed by atoms with Gasteiger partial charge in [-0.2, -0.15) is 0 Å². The molecule has 1 atom stereocenters. The van der Waals surface area contributed by atoms with Gasteiger partial charge in [-0.25, -0.2) is 0 Å². The molecule has 0 radical (unpaired) electrons. The van der Waals surface area contributed by atoms with Crippen molar-refractivity contribution in [3.63, 3.8) is 0 Å². The molecule has 3 nitrogen and oxygen atoms in total. The number of allylic oxidation sites excluding steroid dienone is 2. The third-order valence-corrected chi connectivity index (χ3v) is 5.25. The third kappa shape index (κ3) is 3.12. The van der Waals surface area contributed by atoms with E-state index < -0.39 is 0 Å². The number of aryl methyl sites for hydroxylation is 2. The Labute approximate surface area is 143 Å². The van der Waals surface area contributed by atoms with E-state index in [1.807, 2.05) is 26.0 Å². The van der Waals surface area contributed by atoms with Crippen LogP contribution in [0.15, 0.2) is 17.9 Å². The minimum Gasteiger partial charge on any atom is -0.512 e. The van der Waals surface area contributed by atoms with Gasteiger partial charge in [-0.05, 0) is 67.9 Å². The minimum absolute atomic E-state index is 0.0821. The van der Waals surface area contributed by atoms with Gasteiger partial charge in [0.25, 0.3) is 0 Å². The highest BCUT2D eigenvalue weighted by molar-refractivity contribution is 6.25. The number of ether oxygens (including phenoxy) is 1. The number of rotatable bonds is 3. The first-order valence-corrected chi connectivity index (χ1v) is 8.63. The van der Waals surface area contributed by atoms with Crippen LogP contribution in [0.25, 0.3) is 5.57 Å². The zero-order valence-electron chi connectivity index (χ0n) is 14.4. The lowest BCUT2D eigenvalue weighted by Gasteiger charge is -2.24. The molecule has 1 unspecified atom stereocenters. The molecule has 1 aliphatic carbocycles. The van der Waals surface area contributed by atoms with Crippen molar-refractivity contribution in [2.75, 3.05) is 13.2 Å². The van der Waals surface area contributed by atoms with Gasteiger partial charge in [-0.1, -0.05) is 5.92 Å². The zero-order valence-corrected chi connectivity index (χ0v) is 14.4. The molecular formula is C21H24O3. The van der Waals surface area contributed by atoms with Crippen LogP contribution in [0.5, 0.6) is 0 Å². The summed E-state index contributed by atoms with van der Waals surface area (Å²) >= 11 is 0. The molecule has 3 heteroatoms. The van der Waals surface area contributed by atoms with E-state index in [-0.39, 0.29) is 17.5 Å². The highest BCUT2D eigenvalue weighted by Gasteiger charge is 2.36. The Bertz CT molecular complexity index is 707. The highest BCUT2D eigenvalue weighted by atomic mass is 16.5. The predicted molar refractivity (Wildman–Crippen MR) is 94.7 cm³/mol. The lowest BCUT2D eigenvalue weighted by atomic mass is 9.85. The molecule has 1 saturated heterocycles. The fraction of sp³-hybridized carbons (Fsp3) is 0.476. The predicted octanol–water partition coefficient (Wildman–Crippen LogP) is 3.96. The SMILES string of the molecule is C#Cc1cc(C)c(C2=C(O)CC(CC3CCOCC3)C2=O)c(C)c1. The van der Waals surface area contributed by atoms with Crippen LogP contribution in [0.1, 0.15) is 47.9 Å². The van der Waals surface area contributed by atoms with Crippen molar-refractivity contribution in [2.45, 2.75) is 39.5 Å². The van der Waals surface area contributed by atoms with Crippen molar-refractivity contribution in [3.8, 4) is 12.3 Å². The summed E-state index contributed by atoms with van der Waals surface area (Å²) < 4.78 is 5.40. The molecule has 1 fully saturated rings. The van der Waals surface area contributed by atoms with Crippen LogP contribution in [0.2, 0.25) is 0 Å². The smallest absolute Gasteiger partial charge is 0.170 e. The molecule has 0 saturated carbocycles. The van der Waals surface area contributed by atoms with Gasteiger partial charge in [0.15, 0.2) is 5.78 Å². The quantitative estimate of drug-likeness (QED) is 0.856. The van der Waals surface area contributed by atoms with Crippen LogP contribution < -0.4 is 0 Å². The molecule has 0 amide bonds. The molecule has 1 aliphatic heterocycles. The number of aliphatic hydroxyl groups is 1. The molecule has 1 heterocycles. The summed E-state index contributed by atoms with van der Waals surface area (Å²) in [5, 5.41) is 10.5. The van der Waals surface area contributed by atoms with Gasteiger partial charge >= 0.3 is 0 Å². The highest BCUT2D eigenvalue weighted by Crippen LogP contribution is 2.40. The Balaban J connectivity index is 1.85. The number of hydrogen-bond acceptors (Lipinski definition) is 3. The fourth-order valence-electron chi connectivity index (χ4n) is 4.06. The number of hydrogen-bond donors (Lipinski definition) is 1. The van der Waals surface area contributed by atoms with Crippen molar-refractivity contribution < 1.29 is 14.6 Å². The van der Waals surface area contributed by atoms with Gasteiger partial charge in [-0.3, -0.25) is 4.79 Å². The lowest BCUT2D eigenvalue weighted by Crippen LogP contribution is -2.21. The largest absolute Gasteiger partial charge is 0.512 e. The first-order chi connectivity index (χ1) is 11.5. The summed E-state index contributed by atoms with van der Waals surface area (Å²) in [5.74, 6) is 3.37. The van der Waals surface area contributed by atoms with Gasteiger partial charge in [-0.15, -0.1) is 6.42 Å². The number of carbonyl (C=O) groups excluding carboxylic acids is 1. The maximum Gasteiger partial charge on any atom is 0.170 e. The second-order valence-electron chi connectivity index (χ2n) is 7.01. The Morgan fingerprint density at radius 3 is 2.46 bits per heavy atom. The van der Waals surface area contributed by atoms with Crippen molar-refractivity contribution >= 4 is 11.4 Å². The summed E-state index contributed by atoms with van der Waals surface area (Å²) in [4.78, 5) is 13.0. The number of carbonyl (C=O) groups is 1. The van der Waals surface area contributed by atoms with E-state index in [1.54, 1.807) is 0 Å². The zero-order chi connectivity index (χ0) is 17.3. The van der Waals surface area contributed by atoms with E-state index in [1.165, 1.54) is 0 Å². The van der Waals surface area contributed by atoms with Crippen LogP contribution in [-0.2, 0) is 9.53 Å². The van der Waals surface area contributed by atoms with Crippen molar-refractivity contribution in [2.24, 2.45) is 11.8 Å². The molecule has 0 aromatic heterocycles. The Kier molecular flexibility index (Phi) is 4.78. The number of terminal acetylenes is 1. The summed E-state index contributed by atoms with van der Waals surface area (Å²) in [6.45, 7) is 5.46. The fourth-order valence-corrected chi connectivity index (χ4v) is 4.06. The average molecular weight is 324 g/mol. The minimum atomic E-state index is -0.103. The molecular weight excluding hydrogens is 300 g/mol. The van der Waals surface area contributed by atoms with E-state index in [4.69, 9.17) is 11.2 Å². The first-order valence-electron chi connectivity index (χ1n) is 8.63. The van der Waals surface area contributed by atoms with E-state index in [9.17, 15) is 9.90 Å². The molecule has 24 heavy (non-hydrogen) atoms. The van der Waals surface area contributed by atoms with Crippen LogP contribution in [-0.4, -0.2) is 24.1 Å². The van der Waals surface area contributed by atoms with E-state index in [0.29, 0.717) is 17.9 Å².